The highest BCUT2D eigenvalue weighted by Gasteiger charge is 2.14. The molecule has 90 valence electrons. The SMILES string of the molecule is COCCCOc1ccc(C#N)c([N+](=O)[O-])c1. The number of nitro groups is 1. The van der Waals surface area contributed by atoms with Gasteiger partial charge in [-0.15, -0.1) is 0 Å². The summed E-state index contributed by atoms with van der Waals surface area (Å²) in [6, 6.07) is 5.94. The van der Waals surface area contributed by atoms with Crippen molar-refractivity contribution in [1.29, 1.82) is 5.26 Å². The number of methoxy groups -OCH3 is 1. The fraction of sp³-hybridized carbons (Fsp3) is 0.364. The molecular weight excluding hydrogens is 224 g/mol. The van der Waals surface area contributed by atoms with Crippen molar-refractivity contribution in [1.82, 2.24) is 0 Å². The third kappa shape index (κ3) is 3.74. The zero-order chi connectivity index (χ0) is 12.7. The first-order chi connectivity index (χ1) is 8.19. The summed E-state index contributed by atoms with van der Waals surface area (Å²) in [7, 11) is 1.59. The molecule has 0 aliphatic heterocycles. The molecule has 0 atom stereocenters. The smallest absolute Gasteiger partial charge is 0.290 e. The number of ether oxygens (including phenoxy) is 2. The van der Waals surface area contributed by atoms with Crippen molar-refractivity contribution in [3.05, 3.63) is 33.9 Å². The van der Waals surface area contributed by atoms with E-state index in [1.807, 2.05) is 0 Å². The summed E-state index contributed by atoms with van der Waals surface area (Å²) in [5.41, 5.74) is -0.212. The Kier molecular flexibility index (Phi) is 4.91. The van der Waals surface area contributed by atoms with Gasteiger partial charge in [0.15, 0.2) is 0 Å². The third-order valence-corrected chi connectivity index (χ3v) is 2.05. The molecule has 0 aliphatic rings. The molecule has 0 unspecified atom stereocenters. The van der Waals surface area contributed by atoms with Crippen molar-refractivity contribution in [2.45, 2.75) is 6.42 Å². The lowest BCUT2D eigenvalue weighted by atomic mass is 10.2. The second-order valence-electron chi connectivity index (χ2n) is 3.24. The van der Waals surface area contributed by atoms with Gasteiger partial charge in [0.05, 0.1) is 17.6 Å². The van der Waals surface area contributed by atoms with E-state index in [1.165, 1.54) is 12.1 Å². The Morgan fingerprint density at radius 1 is 1.47 bits per heavy atom. The molecule has 17 heavy (non-hydrogen) atoms. The highest BCUT2D eigenvalue weighted by Crippen LogP contribution is 2.24. The van der Waals surface area contributed by atoms with Gasteiger partial charge in [0.2, 0.25) is 0 Å². The van der Waals surface area contributed by atoms with Crippen LogP contribution in [0.15, 0.2) is 18.2 Å². The molecular formula is C11H12N2O4. The first-order valence-electron chi connectivity index (χ1n) is 4.99. The van der Waals surface area contributed by atoms with E-state index in [-0.39, 0.29) is 11.3 Å². The predicted octanol–water partition coefficient (Wildman–Crippen LogP) is 1.88. The Morgan fingerprint density at radius 3 is 2.82 bits per heavy atom. The van der Waals surface area contributed by atoms with Gasteiger partial charge >= 0.3 is 0 Å². The lowest BCUT2D eigenvalue weighted by Crippen LogP contribution is -2.02. The van der Waals surface area contributed by atoms with E-state index >= 15 is 0 Å². The van der Waals surface area contributed by atoms with E-state index in [0.717, 1.165) is 0 Å². The van der Waals surface area contributed by atoms with Crippen molar-refractivity contribution in [3.8, 4) is 11.8 Å². The average Bonchev–Trinajstić information content (AvgIpc) is 2.34. The van der Waals surface area contributed by atoms with Crippen LogP contribution in [0.25, 0.3) is 0 Å². The minimum Gasteiger partial charge on any atom is -0.493 e. The predicted molar refractivity (Wildman–Crippen MR) is 59.8 cm³/mol. The molecule has 1 rings (SSSR count). The first kappa shape index (κ1) is 12.9. The summed E-state index contributed by atoms with van der Waals surface area (Å²) in [6.45, 7) is 0.981. The molecule has 0 fully saturated rings. The molecule has 0 radical (unpaired) electrons. The van der Waals surface area contributed by atoms with Crippen LogP contribution in [0.2, 0.25) is 0 Å². The maximum Gasteiger partial charge on any atom is 0.290 e. The quantitative estimate of drug-likeness (QED) is 0.427. The minimum absolute atomic E-state index is 0.0271. The monoisotopic (exact) mass is 236 g/mol. The van der Waals surface area contributed by atoms with E-state index in [9.17, 15) is 10.1 Å². The normalized spacial score (nSPS) is 9.65. The Morgan fingerprint density at radius 2 is 2.24 bits per heavy atom. The van der Waals surface area contributed by atoms with Gasteiger partial charge in [-0.2, -0.15) is 5.26 Å². The average molecular weight is 236 g/mol. The second kappa shape index (κ2) is 6.45. The van der Waals surface area contributed by atoms with Crippen LogP contribution in [0.4, 0.5) is 5.69 Å². The largest absolute Gasteiger partial charge is 0.493 e. The number of nitrogens with zero attached hydrogens (tertiary/aromatic N) is 2. The molecule has 0 aliphatic carbocycles. The summed E-state index contributed by atoms with van der Waals surface area (Å²) >= 11 is 0. The molecule has 1 aromatic carbocycles. The molecule has 1 aromatic rings. The summed E-state index contributed by atoms with van der Waals surface area (Å²) < 4.78 is 10.2. The van der Waals surface area contributed by atoms with Crippen molar-refractivity contribution in [2.24, 2.45) is 0 Å². The number of nitro benzene ring substituents is 1. The van der Waals surface area contributed by atoms with Crippen molar-refractivity contribution >= 4 is 5.69 Å². The first-order valence-corrected chi connectivity index (χ1v) is 4.99. The molecule has 0 N–H and O–H groups in total. The molecule has 6 heteroatoms. The molecule has 6 nitrogen and oxygen atoms in total. The van der Waals surface area contributed by atoms with E-state index in [0.29, 0.717) is 25.4 Å². The molecule has 0 aromatic heterocycles. The summed E-state index contributed by atoms with van der Waals surface area (Å²) in [4.78, 5) is 10.1. The maximum absolute atomic E-state index is 10.7. The zero-order valence-corrected chi connectivity index (χ0v) is 9.38. The van der Waals surface area contributed by atoms with Crippen LogP contribution in [0.3, 0.4) is 0 Å². The number of rotatable bonds is 6. The highest BCUT2D eigenvalue weighted by atomic mass is 16.6. The van der Waals surface area contributed by atoms with Crippen LogP contribution in [0.5, 0.6) is 5.75 Å². The molecule has 0 bridgehead atoms. The van der Waals surface area contributed by atoms with Gasteiger partial charge in [0.25, 0.3) is 5.69 Å². The molecule has 0 heterocycles. The van der Waals surface area contributed by atoms with Gasteiger partial charge in [-0.25, -0.2) is 0 Å². The second-order valence-corrected chi connectivity index (χ2v) is 3.24. The number of nitriles is 1. The third-order valence-electron chi connectivity index (χ3n) is 2.05. The van der Waals surface area contributed by atoms with E-state index in [4.69, 9.17) is 14.7 Å². The van der Waals surface area contributed by atoms with Crippen molar-refractivity contribution < 1.29 is 14.4 Å². The Hall–Kier alpha value is -2.13. The Labute approximate surface area is 98.5 Å². The van der Waals surface area contributed by atoms with Gasteiger partial charge in [0.1, 0.15) is 17.4 Å². The fourth-order valence-electron chi connectivity index (χ4n) is 1.24. The van der Waals surface area contributed by atoms with Gasteiger partial charge in [-0.3, -0.25) is 10.1 Å². The van der Waals surface area contributed by atoms with Crippen LogP contribution < -0.4 is 4.74 Å². The van der Waals surface area contributed by atoms with E-state index in [2.05, 4.69) is 0 Å². The summed E-state index contributed by atoms with van der Waals surface area (Å²) in [5, 5.41) is 19.4. The summed E-state index contributed by atoms with van der Waals surface area (Å²) in [6.07, 6.45) is 0.699. The lowest BCUT2D eigenvalue weighted by molar-refractivity contribution is -0.385. The standard InChI is InChI=1S/C11H12N2O4/c1-16-5-2-6-17-10-4-3-9(8-12)11(7-10)13(14)15/h3-4,7H,2,5-6H2,1H3. The number of hydrogen-bond donors (Lipinski definition) is 0. The minimum atomic E-state index is -0.597. The lowest BCUT2D eigenvalue weighted by Gasteiger charge is -2.05. The summed E-state index contributed by atoms with van der Waals surface area (Å²) in [5.74, 6) is 0.381. The molecule has 0 amide bonds. The van der Waals surface area contributed by atoms with Crippen molar-refractivity contribution in [3.63, 3.8) is 0 Å². The Bertz CT molecular complexity index is 440. The highest BCUT2D eigenvalue weighted by molar-refractivity contribution is 5.52. The number of benzene rings is 1. The van der Waals surface area contributed by atoms with E-state index < -0.39 is 4.92 Å². The van der Waals surface area contributed by atoms with Crippen LogP contribution in [-0.4, -0.2) is 25.2 Å². The molecule has 0 saturated heterocycles. The van der Waals surface area contributed by atoms with Crippen LogP contribution in [0, 0.1) is 21.4 Å². The van der Waals surface area contributed by atoms with Crippen LogP contribution >= 0.6 is 0 Å². The molecule has 0 spiro atoms. The van der Waals surface area contributed by atoms with Gasteiger partial charge < -0.3 is 9.47 Å². The Balaban J connectivity index is 2.72. The van der Waals surface area contributed by atoms with Crippen LogP contribution in [-0.2, 0) is 4.74 Å². The maximum atomic E-state index is 10.7. The van der Waals surface area contributed by atoms with E-state index in [1.54, 1.807) is 19.2 Å². The topological polar surface area (TPSA) is 85.4 Å². The van der Waals surface area contributed by atoms with Gasteiger partial charge in [-0.05, 0) is 12.1 Å². The van der Waals surface area contributed by atoms with Gasteiger partial charge in [-0.1, -0.05) is 0 Å². The fourth-order valence-corrected chi connectivity index (χ4v) is 1.24. The van der Waals surface area contributed by atoms with Crippen LogP contribution in [0.1, 0.15) is 12.0 Å². The number of hydrogen-bond acceptors (Lipinski definition) is 5. The van der Waals surface area contributed by atoms with Crippen molar-refractivity contribution in [2.75, 3.05) is 20.3 Å². The molecule has 0 saturated carbocycles. The zero-order valence-electron chi connectivity index (χ0n) is 9.38. The van der Waals surface area contributed by atoms with Gasteiger partial charge in [0, 0.05) is 20.1 Å².